The van der Waals surface area contributed by atoms with Gasteiger partial charge >= 0.3 is 0 Å². The third-order valence-corrected chi connectivity index (χ3v) is 3.92. The molecule has 3 heteroatoms. The van der Waals surface area contributed by atoms with E-state index in [0.717, 1.165) is 19.0 Å². The maximum atomic E-state index is 5.96. The van der Waals surface area contributed by atoms with Crippen molar-refractivity contribution in [2.24, 2.45) is 5.73 Å². The molecule has 1 aromatic rings. The van der Waals surface area contributed by atoms with Gasteiger partial charge in [-0.05, 0) is 35.6 Å². The Balaban J connectivity index is 2.51. The first-order valence-electron chi connectivity index (χ1n) is 6.51. The van der Waals surface area contributed by atoms with E-state index in [2.05, 4.69) is 32.9 Å². The largest absolute Gasteiger partial charge is 0.496 e. The Labute approximate surface area is 109 Å². The lowest BCUT2D eigenvalue weighted by atomic mass is 9.75. The van der Waals surface area contributed by atoms with Crippen LogP contribution in [-0.2, 0) is 10.2 Å². The lowest BCUT2D eigenvalue weighted by Crippen LogP contribution is -2.52. The van der Waals surface area contributed by atoms with Crippen LogP contribution in [0.1, 0.15) is 36.5 Å². The normalized spacial score (nSPS) is 17.7. The van der Waals surface area contributed by atoms with Crippen LogP contribution in [0, 0.1) is 6.92 Å². The molecule has 2 rings (SSSR count). The average molecular weight is 249 g/mol. The second-order valence-electron chi connectivity index (χ2n) is 5.54. The molecule has 1 heterocycles. The maximum absolute atomic E-state index is 5.96. The Kier molecular flexibility index (Phi) is 3.64. The van der Waals surface area contributed by atoms with Crippen LogP contribution < -0.4 is 10.5 Å². The van der Waals surface area contributed by atoms with Crippen molar-refractivity contribution in [3.8, 4) is 5.75 Å². The molecule has 2 N–H and O–H groups in total. The Morgan fingerprint density at radius 1 is 1.39 bits per heavy atom. The number of nitrogens with two attached hydrogens (primary N) is 1. The molecule has 1 aliphatic rings. The molecule has 1 saturated heterocycles. The van der Waals surface area contributed by atoms with Crippen molar-refractivity contribution >= 4 is 0 Å². The molecule has 0 amide bonds. The molecule has 1 aromatic carbocycles. The second kappa shape index (κ2) is 4.90. The Bertz CT molecular complexity index is 431. The minimum Gasteiger partial charge on any atom is -0.496 e. The molecule has 0 saturated carbocycles. The van der Waals surface area contributed by atoms with E-state index in [1.165, 1.54) is 16.7 Å². The van der Waals surface area contributed by atoms with Gasteiger partial charge in [0.2, 0.25) is 0 Å². The van der Waals surface area contributed by atoms with Crippen molar-refractivity contribution in [1.82, 2.24) is 0 Å². The van der Waals surface area contributed by atoms with E-state index in [9.17, 15) is 0 Å². The highest BCUT2D eigenvalue weighted by atomic mass is 16.5. The zero-order valence-corrected chi connectivity index (χ0v) is 11.7. The average Bonchev–Trinajstić information content (AvgIpc) is 2.29. The summed E-state index contributed by atoms with van der Waals surface area (Å²) < 4.78 is 10.9. The monoisotopic (exact) mass is 249 g/mol. The molecule has 0 atom stereocenters. The van der Waals surface area contributed by atoms with E-state index in [1.807, 2.05) is 0 Å². The fraction of sp³-hybridized carbons (Fsp3) is 0.600. The van der Waals surface area contributed by atoms with Gasteiger partial charge in [0.15, 0.2) is 0 Å². The van der Waals surface area contributed by atoms with Crippen LogP contribution >= 0.6 is 0 Å². The minimum absolute atomic E-state index is 0.0139. The summed E-state index contributed by atoms with van der Waals surface area (Å²) in [5, 5.41) is 0. The van der Waals surface area contributed by atoms with Crippen LogP contribution in [0.3, 0.4) is 0 Å². The molecular formula is C15H23NO2. The summed E-state index contributed by atoms with van der Waals surface area (Å²) in [6.45, 7) is 8.59. The maximum Gasteiger partial charge on any atom is 0.122 e. The summed E-state index contributed by atoms with van der Waals surface area (Å²) in [5.41, 5.74) is 9.78. The molecule has 18 heavy (non-hydrogen) atoms. The topological polar surface area (TPSA) is 44.5 Å². The van der Waals surface area contributed by atoms with Crippen LogP contribution in [0.4, 0.5) is 0 Å². The molecule has 3 nitrogen and oxygen atoms in total. The number of ether oxygens (including phenoxy) is 2. The first-order valence-corrected chi connectivity index (χ1v) is 6.51. The molecule has 0 unspecified atom stereocenters. The summed E-state index contributed by atoms with van der Waals surface area (Å²) in [4.78, 5) is 0. The lowest BCUT2D eigenvalue weighted by molar-refractivity contribution is -0.0553. The van der Waals surface area contributed by atoms with E-state index in [1.54, 1.807) is 7.11 Å². The van der Waals surface area contributed by atoms with E-state index in [4.69, 9.17) is 15.2 Å². The molecule has 1 fully saturated rings. The Morgan fingerprint density at radius 2 is 2.06 bits per heavy atom. The minimum atomic E-state index is 0.0139. The lowest BCUT2D eigenvalue weighted by Gasteiger charge is -2.42. The number of hydrogen-bond donors (Lipinski definition) is 1. The van der Waals surface area contributed by atoms with Crippen molar-refractivity contribution in [3.05, 3.63) is 28.8 Å². The van der Waals surface area contributed by atoms with E-state index in [0.29, 0.717) is 12.5 Å². The fourth-order valence-electron chi connectivity index (χ4n) is 2.63. The van der Waals surface area contributed by atoms with Gasteiger partial charge in [0.25, 0.3) is 0 Å². The zero-order chi connectivity index (χ0) is 13.3. The zero-order valence-electron chi connectivity index (χ0n) is 11.7. The molecule has 0 radical (unpaired) electrons. The third-order valence-electron chi connectivity index (χ3n) is 3.92. The molecule has 0 spiro atoms. The molecule has 100 valence electrons. The molecular weight excluding hydrogens is 226 g/mol. The Hall–Kier alpha value is -1.06. The summed E-state index contributed by atoms with van der Waals surface area (Å²) in [6, 6.07) is 4.38. The SMILES string of the molecule is COc1cc(C)c(C2(CN)COC2)cc1C(C)C. The highest BCUT2D eigenvalue weighted by molar-refractivity contribution is 5.47. The highest BCUT2D eigenvalue weighted by Crippen LogP contribution is 2.38. The van der Waals surface area contributed by atoms with Gasteiger partial charge in [-0.2, -0.15) is 0 Å². The number of methoxy groups -OCH3 is 1. The molecule has 0 aliphatic carbocycles. The number of rotatable bonds is 4. The van der Waals surface area contributed by atoms with Crippen LogP contribution in [0.25, 0.3) is 0 Å². The third kappa shape index (κ3) is 2.02. The summed E-state index contributed by atoms with van der Waals surface area (Å²) in [5.74, 6) is 1.41. The van der Waals surface area contributed by atoms with Crippen LogP contribution in [0.2, 0.25) is 0 Å². The number of benzene rings is 1. The van der Waals surface area contributed by atoms with Crippen LogP contribution in [0.5, 0.6) is 5.75 Å². The second-order valence-corrected chi connectivity index (χ2v) is 5.54. The number of hydrogen-bond acceptors (Lipinski definition) is 3. The summed E-state index contributed by atoms with van der Waals surface area (Å²) in [6.07, 6.45) is 0. The van der Waals surface area contributed by atoms with E-state index < -0.39 is 0 Å². The van der Waals surface area contributed by atoms with Gasteiger partial charge in [0.05, 0.1) is 25.7 Å². The molecule has 1 aliphatic heterocycles. The van der Waals surface area contributed by atoms with Crippen molar-refractivity contribution in [3.63, 3.8) is 0 Å². The van der Waals surface area contributed by atoms with E-state index >= 15 is 0 Å². The van der Waals surface area contributed by atoms with Gasteiger partial charge in [-0.1, -0.05) is 19.9 Å². The van der Waals surface area contributed by atoms with Gasteiger partial charge < -0.3 is 15.2 Å². The fourth-order valence-corrected chi connectivity index (χ4v) is 2.63. The van der Waals surface area contributed by atoms with Crippen molar-refractivity contribution in [1.29, 1.82) is 0 Å². The predicted octanol–water partition coefficient (Wildman–Crippen LogP) is 2.35. The first kappa shape index (κ1) is 13.4. The number of aryl methyl sites for hydroxylation is 1. The predicted molar refractivity (Wildman–Crippen MR) is 73.4 cm³/mol. The Morgan fingerprint density at radius 3 is 2.44 bits per heavy atom. The van der Waals surface area contributed by atoms with Crippen molar-refractivity contribution in [2.45, 2.75) is 32.1 Å². The van der Waals surface area contributed by atoms with Gasteiger partial charge in [-0.25, -0.2) is 0 Å². The van der Waals surface area contributed by atoms with Gasteiger partial charge in [0.1, 0.15) is 5.75 Å². The van der Waals surface area contributed by atoms with Crippen molar-refractivity contribution in [2.75, 3.05) is 26.9 Å². The first-order chi connectivity index (χ1) is 8.54. The molecule has 0 aromatic heterocycles. The standard InChI is InChI=1S/C15H23NO2/c1-10(2)12-6-13(11(3)5-14(12)17-4)15(7-16)8-18-9-15/h5-6,10H,7-9,16H2,1-4H3. The highest BCUT2D eigenvalue weighted by Gasteiger charge is 2.40. The van der Waals surface area contributed by atoms with Crippen molar-refractivity contribution < 1.29 is 9.47 Å². The summed E-state index contributed by atoms with van der Waals surface area (Å²) in [7, 11) is 1.73. The van der Waals surface area contributed by atoms with Gasteiger partial charge in [-0.15, -0.1) is 0 Å². The summed E-state index contributed by atoms with van der Waals surface area (Å²) >= 11 is 0. The van der Waals surface area contributed by atoms with E-state index in [-0.39, 0.29) is 5.41 Å². The smallest absolute Gasteiger partial charge is 0.122 e. The van der Waals surface area contributed by atoms with Gasteiger partial charge in [-0.3, -0.25) is 0 Å². The quantitative estimate of drug-likeness (QED) is 0.891. The van der Waals surface area contributed by atoms with Crippen LogP contribution in [-0.4, -0.2) is 26.9 Å². The van der Waals surface area contributed by atoms with Gasteiger partial charge in [0, 0.05) is 6.54 Å². The molecule has 0 bridgehead atoms. The van der Waals surface area contributed by atoms with Crippen LogP contribution in [0.15, 0.2) is 12.1 Å².